The lowest BCUT2D eigenvalue weighted by Gasteiger charge is -2.14. The Morgan fingerprint density at radius 1 is 0.946 bits per heavy atom. The minimum absolute atomic E-state index is 0. The average molecular weight is 537 g/mol. The highest BCUT2D eigenvalue weighted by Crippen LogP contribution is 2.36. The summed E-state index contributed by atoms with van der Waals surface area (Å²) in [5.41, 5.74) is 4.62. The smallest absolute Gasteiger partial charge is 0.407 e. The number of carbonyl (C=O) groups excluding carboxylic acids is 3. The Balaban J connectivity index is 0.00000481. The second-order valence-corrected chi connectivity index (χ2v) is 9.36. The van der Waals surface area contributed by atoms with Gasteiger partial charge in [0, 0.05) is 59.6 Å². The van der Waals surface area contributed by atoms with Crippen molar-refractivity contribution in [2.24, 2.45) is 0 Å². The number of hydrogen-bond acceptors (Lipinski definition) is 6. The standard InChI is InChI=1S/C26H36N4O6.ClH/c1-6-23(31)36-16-29-12-9-19(10-13-29)24-21(15-35-26(33)28-18(4)5)20(22-8-7-11-30(22)24)14-34-25(32)27-17(2)3;/h9-10,12-13,17-18H,6-8,11,14-16H2,1-5H3,(H-,27,28,32,33);1H. The maximum atomic E-state index is 12.3. The van der Waals surface area contributed by atoms with Crippen molar-refractivity contribution in [2.45, 2.75) is 92.5 Å². The number of nitrogens with one attached hydrogen (secondary N) is 2. The molecule has 2 aromatic heterocycles. The summed E-state index contributed by atoms with van der Waals surface area (Å²) < 4.78 is 20.3. The van der Waals surface area contributed by atoms with Crippen LogP contribution in [0.15, 0.2) is 24.5 Å². The quantitative estimate of drug-likeness (QED) is 0.261. The maximum Gasteiger partial charge on any atom is 0.407 e. The zero-order valence-corrected chi connectivity index (χ0v) is 22.9. The molecule has 0 fully saturated rings. The van der Waals surface area contributed by atoms with Crippen LogP contribution in [0.25, 0.3) is 11.3 Å². The summed E-state index contributed by atoms with van der Waals surface area (Å²) in [4.78, 5) is 35.9. The molecule has 10 nitrogen and oxygen atoms in total. The van der Waals surface area contributed by atoms with Crippen LogP contribution in [0, 0.1) is 0 Å². The molecule has 0 saturated heterocycles. The lowest BCUT2D eigenvalue weighted by atomic mass is 10.0. The van der Waals surface area contributed by atoms with Gasteiger partial charge in [-0.1, -0.05) is 6.92 Å². The molecule has 2 N–H and O–H groups in total. The van der Waals surface area contributed by atoms with E-state index in [9.17, 15) is 14.4 Å². The summed E-state index contributed by atoms with van der Waals surface area (Å²) in [6, 6.07) is 3.79. The molecule has 11 heteroatoms. The van der Waals surface area contributed by atoms with E-state index < -0.39 is 12.2 Å². The molecule has 204 valence electrons. The molecular formula is C26H37ClN4O6. The van der Waals surface area contributed by atoms with Gasteiger partial charge in [-0.05, 0) is 40.5 Å². The van der Waals surface area contributed by atoms with Gasteiger partial charge in [-0.3, -0.25) is 4.79 Å². The first-order valence-corrected chi connectivity index (χ1v) is 12.4. The topological polar surface area (TPSA) is 112 Å². The number of hydrogen-bond donors (Lipinski definition) is 2. The fraction of sp³-hybridized carbons (Fsp3) is 0.538. The number of aromatic nitrogens is 2. The van der Waals surface area contributed by atoms with Crippen molar-refractivity contribution < 1.29 is 45.6 Å². The molecule has 3 heterocycles. The van der Waals surface area contributed by atoms with E-state index >= 15 is 0 Å². The molecule has 0 bridgehead atoms. The van der Waals surface area contributed by atoms with Gasteiger partial charge >= 0.3 is 18.2 Å². The molecular weight excluding hydrogens is 500 g/mol. The van der Waals surface area contributed by atoms with Crippen LogP contribution in [0.2, 0.25) is 0 Å². The Morgan fingerprint density at radius 2 is 1.51 bits per heavy atom. The van der Waals surface area contributed by atoms with E-state index in [0.29, 0.717) is 6.42 Å². The third kappa shape index (κ3) is 8.11. The molecule has 0 spiro atoms. The van der Waals surface area contributed by atoms with Crippen LogP contribution in [0.3, 0.4) is 0 Å². The molecule has 0 aromatic carbocycles. The van der Waals surface area contributed by atoms with Gasteiger partial charge in [0.25, 0.3) is 6.73 Å². The Hall–Kier alpha value is -3.27. The molecule has 0 atom stereocenters. The van der Waals surface area contributed by atoms with Crippen molar-refractivity contribution in [1.82, 2.24) is 15.2 Å². The number of halogens is 1. The van der Waals surface area contributed by atoms with Gasteiger partial charge in [-0.25, -0.2) is 9.59 Å². The summed E-state index contributed by atoms with van der Waals surface area (Å²) in [6.45, 7) is 10.3. The predicted octanol–water partition coefficient (Wildman–Crippen LogP) is 0.573. The third-order valence-electron chi connectivity index (χ3n) is 5.73. The first-order chi connectivity index (χ1) is 17.2. The van der Waals surface area contributed by atoms with E-state index in [4.69, 9.17) is 14.2 Å². The predicted molar refractivity (Wildman–Crippen MR) is 132 cm³/mol. The van der Waals surface area contributed by atoms with E-state index in [1.54, 1.807) is 11.5 Å². The molecule has 0 radical (unpaired) electrons. The molecule has 0 aliphatic carbocycles. The average Bonchev–Trinajstić information content (AvgIpc) is 3.40. The molecule has 37 heavy (non-hydrogen) atoms. The maximum absolute atomic E-state index is 12.3. The monoisotopic (exact) mass is 536 g/mol. The lowest BCUT2D eigenvalue weighted by molar-refractivity contribution is -0.727. The van der Waals surface area contributed by atoms with Gasteiger partial charge < -0.3 is 41.8 Å². The van der Waals surface area contributed by atoms with Gasteiger partial charge in [0.1, 0.15) is 13.2 Å². The Bertz CT molecular complexity index is 1080. The highest BCUT2D eigenvalue weighted by atomic mass is 35.5. The van der Waals surface area contributed by atoms with Gasteiger partial charge in [0.15, 0.2) is 12.4 Å². The van der Waals surface area contributed by atoms with Crippen molar-refractivity contribution in [3.8, 4) is 11.3 Å². The summed E-state index contributed by atoms with van der Waals surface area (Å²) in [7, 11) is 0. The van der Waals surface area contributed by atoms with Crippen LogP contribution >= 0.6 is 0 Å². The third-order valence-corrected chi connectivity index (χ3v) is 5.73. The van der Waals surface area contributed by atoms with Crippen molar-refractivity contribution in [2.75, 3.05) is 0 Å². The molecule has 1 aliphatic rings. The van der Waals surface area contributed by atoms with E-state index in [1.165, 1.54) is 0 Å². The molecule has 2 amide bonds. The van der Waals surface area contributed by atoms with Crippen LogP contribution < -0.4 is 27.6 Å². The Labute approximate surface area is 224 Å². The molecule has 2 aromatic rings. The van der Waals surface area contributed by atoms with Crippen molar-refractivity contribution >= 4 is 18.2 Å². The number of nitrogens with zero attached hydrogens (tertiary/aromatic N) is 2. The molecule has 1 aliphatic heterocycles. The normalized spacial score (nSPS) is 12.1. The Kier molecular flexibility index (Phi) is 11.2. The van der Waals surface area contributed by atoms with Crippen LogP contribution in [0.5, 0.6) is 0 Å². The zero-order chi connectivity index (χ0) is 26.2. The summed E-state index contributed by atoms with van der Waals surface area (Å²) in [5.74, 6) is -0.263. The van der Waals surface area contributed by atoms with Crippen molar-refractivity contribution in [3.63, 3.8) is 0 Å². The van der Waals surface area contributed by atoms with Gasteiger partial charge in [0.2, 0.25) is 0 Å². The number of amides is 2. The number of carbonyl (C=O) groups is 3. The first-order valence-electron chi connectivity index (χ1n) is 12.4. The highest BCUT2D eigenvalue weighted by molar-refractivity contribution is 5.71. The fourth-order valence-corrected chi connectivity index (χ4v) is 4.15. The van der Waals surface area contributed by atoms with Gasteiger partial charge in [0.05, 0.1) is 5.69 Å². The van der Waals surface area contributed by atoms with E-state index in [2.05, 4.69) is 15.2 Å². The zero-order valence-electron chi connectivity index (χ0n) is 22.1. The van der Waals surface area contributed by atoms with Gasteiger partial charge in [-0.15, -0.1) is 0 Å². The van der Waals surface area contributed by atoms with Crippen molar-refractivity contribution in [3.05, 3.63) is 41.3 Å². The number of rotatable bonds is 10. The van der Waals surface area contributed by atoms with Crippen molar-refractivity contribution in [1.29, 1.82) is 0 Å². The molecule has 0 saturated carbocycles. The molecule has 0 unspecified atom stereocenters. The number of ether oxygens (including phenoxy) is 3. The summed E-state index contributed by atoms with van der Waals surface area (Å²) in [5, 5.41) is 5.48. The van der Waals surface area contributed by atoms with Gasteiger partial charge in [-0.2, -0.15) is 4.57 Å². The Morgan fingerprint density at radius 3 is 2.05 bits per heavy atom. The van der Waals surface area contributed by atoms with Crippen LogP contribution in [0.4, 0.5) is 9.59 Å². The minimum Gasteiger partial charge on any atom is -1.00 e. The first kappa shape index (κ1) is 30.0. The molecule has 3 rings (SSSR count). The summed E-state index contributed by atoms with van der Waals surface area (Å²) >= 11 is 0. The van der Waals surface area contributed by atoms with E-state index in [1.807, 2.05) is 52.2 Å². The lowest BCUT2D eigenvalue weighted by Crippen LogP contribution is -3.00. The second-order valence-electron chi connectivity index (χ2n) is 9.36. The van der Waals surface area contributed by atoms with Crippen LogP contribution in [-0.2, 0) is 51.9 Å². The van der Waals surface area contributed by atoms with E-state index in [0.717, 1.165) is 47.5 Å². The van der Waals surface area contributed by atoms with Crippen LogP contribution in [0.1, 0.15) is 64.3 Å². The summed E-state index contributed by atoms with van der Waals surface area (Å²) in [6.07, 6.45) is 4.83. The van der Waals surface area contributed by atoms with E-state index in [-0.39, 0.29) is 50.4 Å². The number of esters is 1. The number of fused-ring (bicyclic) bond motifs is 1. The minimum atomic E-state index is -0.504. The number of alkyl carbamates (subject to hydrolysis) is 2. The number of pyridine rings is 1. The largest absolute Gasteiger partial charge is 1.00 e. The highest BCUT2D eigenvalue weighted by Gasteiger charge is 2.28. The fourth-order valence-electron chi connectivity index (χ4n) is 4.15. The van der Waals surface area contributed by atoms with Crippen LogP contribution in [-0.4, -0.2) is 34.8 Å². The second kappa shape index (κ2) is 13.9. The SMILES string of the molecule is CCC(=O)OC[n+]1ccc(-c2c(COC(=O)NC(C)C)c(COC(=O)NC(C)C)c3n2CCC3)cc1.[Cl-].